The van der Waals surface area contributed by atoms with Crippen molar-refractivity contribution < 1.29 is 19.4 Å². The molecule has 0 aromatic heterocycles. The fraction of sp³-hybridized carbons (Fsp3) is 0.833. The minimum absolute atomic E-state index is 0.00871. The van der Waals surface area contributed by atoms with E-state index in [2.05, 4.69) is 5.32 Å². The standard InChI is InChI=1S/C12H21NO4/c1-8(7-17-2)5-11(14)13-10-4-3-9(6-10)12(15)16/h8-10H,3-7H2,1-2H3,(H,13,14)(H,15,16). The number of carboxylic acids is 1. The van der Waals surface area contributed by atoms with Gasteiger partial charge in [0.05, 0.1) is 5.92 Å². The maximum absolute atomic E-state index is 11.6. The molecule has 0 aliphatic heterocycles. The highest BCUT2D eigenvalue weighted by Crippen LogP contribution is 2.25. The number of aliphatic carboxylic acids is 1. The first-order chi connectivity index (χ1) is 8.02. The van der Waals surface area contributed by atoms with E-state index in [1.54, 1.807) is 7.11 Å². The molecule has 0 aromatic rings. The molecule has 5 nitrogen and oxygen atoms in total. The summed E-state index contributed by atoms with van der Waals surface area (Å²) in [5, 5.41) is 11.7. The second kappa shape index (κ2) is 6.59. The molecule has 0 aromatic carbocycles. The van der Waals surface area contributed by atoms with E-state index in [4.69, 9.17) is 9.84 Å². The van der Waals surface area contributed by atoms with Crippen LogP contribution < -0.4 is 5.32 Å². The van der Waals surface area contributed by atoms with Gasteiger partial charge in [-0.3, -0.25) is 9.59 Å². The zero-order valence-electron chi connectivity index (χ0n) is 10.4. The highest BCUT2D eigenvalue weighted by atomic mass is 16.5. The quantitative estimate of drug-likeness (QED) is 0.730. The summed E-state index contributed by atoms with van der Waals surface area (Å²) in [7, 11) is 1.61. The molecule has 17 heavy (non-hydrogen) atoms. The van der Waals surface area contributed by atoms with Crippen LogP contribution in [0.3, 0.4) is 0 Å². The van der Waals surface area contributed by atoms with Crippen LogP contribution in [0.5, 0.6) is 0 Å². The second-order valence-electron chi connectivity index (χ2n) is 4.88. The van der Waals surface area contributed by atoms with Gasteiger partial charge in [0.25, 0.3) is 0 Å². The van der Waals surface area contributed by atoms with Crippen LogP contribution in [0, 0.1) is 11.8 Å². The van der Waals surface area contributed by atoms with Gasteiger partial charge >= 0.3 is 5.97 Å². The molecule has 0 heterocycles. The molecule has 2 N–H and O–H groups in total. The average molecular weight is 243 g/mol. The van der Waals surface area contributed by atoms with Crippen LogP contribution in [0.1, 0.15) is 32.6 Å². The average Bonchev–Trinajstić information content (AvgIpc) is 2.66. The van der Waals surface area contributed by atoms with Crippen molar-refractivity contribution >= 4 is 11.9 Å². The molecule has 98 valence electrons. The first-order valence-electron chi connectivity index (χ1n) is 6.04. The van der Waals surface area contributed by atoms with Crippen LogP contribution in [0.15, 0.2) is 0 Å². The first kappa shape index (κ1) is 14.0. The molecule has 3 atom stereocenters. The number of rotatable bonds is 6. The number of hydrogen-bond donors (Lipinski definition) is 2. The SMILES string of the molecule is COCC(C)CC(=O)NC1CCC(C(=O)O)C1. The summed E-state index contributed by atoms with van der Waals surface area (Å²) in [6, 6.07) is 0.0262. The molecule has 0 bridgehead atoms. The fourth-order valence-corrected chi connectivity index (χ4v) is 2.28. The summed E-state index contributed by atoms with van der Waals surface area (Å²) < 4.78 is 4.97. The van der Waals surface area contributed by atoms with Crippen LogP contribution in [0.25, 0.3) is 0 Å². The van der Waals surface area contributed by atoms with Crippen molar-refractivity contribution in [3.05, 3.63) is 0 Å². The molecular weight excluding hydrogens is 222 g/mol. The van der Waals surface area contributed by atoms with Gasteiger partial charge in [-0.25, -0.2) is 0 Å². The lowest BCUT2D eigenvalue weighted by Crippen LogP contribution is -2.34. The molecule has 1 aliphatic rings. The number of carbonyl (C=O) groups is 2. The largest absolute Gasteiger partial charge is 0.481 e. The monoisotopic (exact) mass is 243 g/mol. The van der Waals surface area contributed by atoms with Crippen molar-refractivity contribution in [2.75, 3.05) is 13.7 Å². The third kappa shape index (κ3) is 4.73. The maximum atomic E-state index is 11.6. The predicted molar refractivity (Wildman–Crippen MR) is 62.6 cm³/mol. The fourth-order valence-electron chi connectivity index (χ4n) is 2.28. The van der Waals surface area contributed by atoms with E-state index in [0.29, 0.717) is 25.9 Å². The molecule has 1 rings (SSSR count). The van der Waals surface area contributed by atoms with E-state index in [1.165, 1.54) is 0 Å². The number of amides is 1. The third-order valence-corrected chi connectivity index (χ3v) is 3.13. The van der Waals surface area contributed by atoms with E-state index in [1.807, 2.05) is 6.92 Å². The number of methoxy groups -OCH3 is 1. The normalized spacial score (nSPS) is 25.5. The zero-order valence-corrected chi connectivity index (χ0v) is 10.4. The summed E-state index contributed by atoms with van der Waals surface area (Å²) in [5.74, 6) is -0.867. The van der Waals surface area contributed by atoms with Gasteiger partial charge in [-0.15, -0.1) is 0 Å². The van der Waals surface area contributed by atoms with E-state index >= 15 is 0 Å². The van der Waals surface area contributed by atoms with Crippen molar-refractivity contribution in [2.45, 2.75) is 38.6 Å². The Morgan fingerprint density at radius 3 is 2.71 bits per heavy atom. The summed E-state index contributed by atoms with van der Waals surface area (Å²) in [5.41, 5.74) is 0. The molecule has 1 amide bonds. The first-order valence-corrected chi connectivity index (χ1v) is 6.04. The topological polar surface area (TPSA) is 75.6 Å². The highest BCUT2D eigenvalue weighted by molar-refractivity contribution is 5.77. The number of ether oxygens (including phenoxy) is 1. The van der Waals surface area contributed by atoms with Crippen LogP contribution in [0.2, 0.25) is 0 Å². The molecule has 0 spiro atoms. The minimum Gasteiger partial charge on any atom is -0.481 e. The predicted octanol–water partition coefficient (Wildman–Crippen LogP) is 1.03. The highest BCUT2D eigenvalue weighted by Gasteiger charge is 2.30. The van der Waals surface area contributed by atoms with Gasteiger partial charge in [0.15, 0.2) is 0 Å². The number of hydrogen-bond acceptors (Lipinski definition) is 3. The summed E-state index contributed by atoms with van der Waals surface area (Å²) in [6.45, 7) is 2.52. The van der Waals surface area contributed by atoms with Crippen LogP contribution in [-0.2, 0) is 14.3 Å². The maximum Gasteiger partial charge on any atom is 0.306 e. The van der Waals surface area contributed by atoms with Crippen molar-refractivity contribution in [3.8, 4) is 0 Å². The van der Waals surface area contributed by atoms with Gasteiger partial charge in [-0.05, 0) is 25.2 Å². The lowest BCUT2D eigenvalue weighted by molar-refractivity contribution is -0.141. The Labute approximate surface area is 102 Å². The van der Waals surface area contributed by atoms with Gasteiger partial charge in [-0.2, -0.15) is 0 Å². The molecule has 0 radical (unpaired) electrons. The smallest absolute Gasteiger partial charge is 0.306 e. The van der Waals surface area contributed by atoms with Gasteiger partial charge in [0, 0.05) is 26.2 Å². The number of carbonyl (C=O) groups excluding carboxylic acids is 1. The Morgan fingerprint density at radius 1 is 1.47 bits per heavy atom. The molecule has 3 unspecified atom stereocenters. The molecule has 1 fully saturated rings. The van der Waals surface area contributed by atoms with E-state index in [9.17, 15) is 9.59 Å². The molecule has 5 heteroatoms. The third-order valence-electron chi connectivity index (χ3n) is 3.13. The Kier molecular flexibility index (Phi) is 5.41. The second-order valence-corrected chi connectivity index (χ2v) is 4.88. The number of nitrogens with one attached hydrogen (secondary N) is 1. The minimum atomic E-state index is -0.755. The number of carboxylic acid groups (broad SMARTS) is 1. The van der Waals surface area contributed by atoms with E-state index in [0.717, 1.165) is 6.42 Å². The van der Waals surface area contributed by atoms with Crippen molar-refractivity contribution in [2.24, 2.45) is 11.8 Å². The van der Waals surface area contributed by atoms with E-state index < -0.39 is 5.97 Å². The molecule has 1 saturated carbocycles. The van der Waals surface area contributed by atoms with Gasteiger partial charge in [-0.1, -0.05) is 6.92 Å². The van der Waals surface area contributed by atoms with E-state index in [-0.39, 0.29) is 23.8 Å². The van der Waals surface area contributed by atoms with Crippen molar-refractivity contribution in [3.63, 3.8) is 0 Å². The Morgan fingerprint density at radius 2 is 2.18 bits per heavy atom. The Bertz CT molecular complexity index is 280. The van der Waals surface area contributed by atoms with Crippen molar-refractivity contribution in [1.82, 2.24) is 5.32 Å². The van der Waals surface area contributed by atoms with Crippen LogP contribution in [0.4, 0.5) is 0 Å². The van der Waals surface area contributed by atoms with Crippen LogP contribution >= 0.6 is 0 Å². The Hall–Kier alpha value is -1.10. The van der Waals surface area contributed by atoms with Gasteiger partial charge < -0.3 is 15.2 Å². The molecular formula is C12H21NO4. The van der Waals surface area contributed by atoms with Gasteiger partial charge in [0.2, 0.25) is 5.91 Å². The summed E-state index contributed by atoms with van der Waals surface area (Å²) >= 11 is 0. The molecule has 0 saturated heterocycles. The lowest BCUT2D eigenvalue weighted by Gasteiger charge is -2.15. The summed E-state index contributed by atoms with van der Waals surface area (Å²) in [6.07, 6.45) is 2.41. The molecule has 1 aliphatic carbocycles. The van der Waals surface area contributed by atoms with Crippen LogP contribution in [-0.4, -0.2) is 36.7 Å². The lowest BCUT2D eigenvalue weighted by atomic mass is 10.1. The Balaban J connectivity index is 2.26. The van der Waals surface area contributed by atoms with Crippen molar-refractivity contribution in [1.29, 1.82) is 0 Å². The summed E-state index contributed by atoms with van der Waals surface area (Å²) in [4.78, 5) is 22.4. The zero-order chi connectivity index (χ0) is 12.8. The van der Waals surface area contributed by atoms with Gasteiger partial charge in [0.1, 0.15) is 0 Å².